The number of hydrogen-bond acceptors (Lipinski definition) is 15. The van der Waals surface area contributed by atoms with E-state index in [2.05, 4.69) is 38.3 Å². The highest BCUT2D eigenvalue weighted by Gasteiger charge is 2.36. The molecule has 6 aromatic rings. The van der Waals surface area contributed by atoms with E-state index in [9.17, 15) is 33.6 Å². The number of nitrogens with two attached hydrogens (primary N) is 2. The van der Waals surface area contributed by atoms with Crippen molar-refractivity contribution in [2.75, 3.05) is 44.5 Å². The third kappa shape index (κ3) is 10.5. The molecule has 0 aliphatic carbocycles. The summed E-state index contributed by atoms with van der Waals surface area (Å²) in [6.07, 6.45) is 4.23. The smallest absolute Gasteiger partial charge is 0.295 e. The van der Waals surface area contributed by atoms with E-state index in [4.69, 9.17) is 30.3 Å². The number of likely N-dealkylation sites (tertiary alicyclic amines) is 1. The fourth-order valence-corrected chi connectivity index (χ4v) is 8.30. The van der Waals surface area contributed by atoms with Crippen LogP contribution in [0.4, 0.5) is 11.9 Å². The van der Waals surface area contributed by atoms with Gasteiger partial charge in [0, 0.05) is 70.7 Å². The number of oxazole rings is 1. The number of carbonyl (C=O) groups is 7. The van der Waals surface area contributed by atoms with E-state index in [1.165, 1.54) is 36.3 Å². The minimum Gasteiger partial charge on any atom is -0.494 e. The zero-order chi connectivity index (χ0) is 50.6. The molecule has 5 heterocycles. The van der Waals surface area contributed by atoms with Crippen molar-refractivity contribution in [3.63, 3.8) is 0 Å². The Morgan fingerprint density at radius 2 is 1.49 bits per heavy atom. The quantitative estimate of drug-likeness (QED) is 0.0299. The van der Waals surface area contributed by atoms with Crippen LogP contribution in [0.1, 0.15) is 92.1 Å². The molecule has 1 saturated heterocycles. The van der Waals surface area contributed by atoms with E-state index in [1.54, 1.807) is 52.9 Å². The van der Waals surface area contributed by atoms with Gasteiger partial charge >= 0.3 is 0 Å². The van der Waals surface area contributed by atoms with Crippen molar-refractivity contribution < 1.29 is 47.5 Å². The highest BCUT2D eigenvalue weighted by molar-refractivity contribution is 7.81. The van der Waals surface area contributed by atoms with Gasteiger partial charge < -0.3 is 39.4 Å². The number of imidazole rings is 2. The number of anilines is 2. The second-order valence-corrected chi connectivity index (χ2v) is 16.9. The van der Waals surface area contributed by atoms with Gasteiger partial charge in [0.05, 0.1) is 41.4 Å². The van der Waals surface area contributed by atoms with Crippen molar-refractivity contribution in [1.29, 1.82) is 0 Å². The molecule has 0 bridgehead atoms. The van der Waals surface area contributed by atoms with E-state index in [0.29, 0.717) is 58.9 Å². The van der Waals surface area contributed by atoms with Crippen molar-refractivity contribution in [1.82, 2.24) is 43.7 Å². The molecular formula is C46H53N13O10S. The van der Waals surface area contributed by atoms with Gasteiger partial charge in [-0.1, -0.05) is 19.1 Å². The van der Waals surface area contributed by atoms with Gasteiger partial charge in [0.1, 0.15) is 28.2 Å². The highest BCUT2D eigenvalue weighted by Crippen LogP contribution is 2.33. The number of thiol groups is 1. The molecule has 0 radical (unpaired) electrons. The molecule has 1 atom stereocenters. The molecule has 0 spiro atoms. The Hall–Kier alpha value is -8.02. The number of carbonyl (C=O) groups excluding carboxylic acids is 7. The standard InChI is InChI=1S/C46H53N13O10S/c1-7-28-39(69-25(4)49-28)43(65)53-46-51-30-20-27(41(48)63)22-33(68-17-11-13-55(5)35(60)12-16-56-36(61)23-34(70)44(56)66)38(30)58(46)15-10-9-14-57-37-29(19-26(40(47)62)21-32(37)67-6)50-45(57)52-42(64)31-18-24(3)54-59(31)8-2/h9-10,18-22,34,70H,7-8,11-17,23H2,1-6H3,(H2,47,62)(H2,48,63)(H,50,52,64)(H,51,53,65)/b10-9+. The van der Waals surface area contributed by atoms with Crippen LogP contribution in [0.2, 0.25) is 0 Å². The van der Waals surface area contributed by atoms with Crippen LogP contribution in [0.5, 0.6) is 11.5 Å². The molecular weight excluding hydrogens is 927 g/mol. The lowest BCUT2D eigenvalue weighted by molar-refractivity contribution is -0.139. The van der Waals surface area contributed by atoms with Crippen LogP contribution in [0.15, 0.2) is 46.9 Å². The van der Waals surface area contributed by atoms with Crippen molar-refractivity contribution in [2.24, 2.45) is 11.5 Å². The maximum atomic E-state index is 13.8. The van der Waals surface area contributed by atoms with Crippen molar-refractivity contribution in [3.8, 4) is 11.5 Å². The first-order valence-corrected chi connectivity index (χ1v) is 22.8. The first-order valence-electron chi connectivity index (χ1n) is 22.3. The summed E-state index contributed by atoms with van der Waals surface area (Å²) >= 11 is 4.14. The van der Waals surface area contributed by atoms with Crippen LogP contribution >= 0.6 is 12.6 Å². The van der Waals surface area contributed by atoms with E-state index < -0.39 is 34.8 Å². The summed E-state index contributed by atoms with van der Waals surface area (Å²) in [5.41, 5.74) is 14.4. The topological polar surface area (TPSA) is 300 Å². The predicted molar refractivity (Wildman–Crippen MR) is 258 cm³/mol. The summed E-state index contributed by atoms with van der Waals surface area (Å²) in [5.74, 6) is -2.69. The molecule has 23 nitrogen and oxygen atoms in total. The Morgan fingerprint density at radius 1 is 0.886 bits per heavy atom. The van der Waals surface area contributed by atoms with Gasteiger partial charge in [-0.25, -0.2) is 15.0 Å². The molecule has 7 rings (SSSR count). The number of aryl methyl sites for hydroxylation is 4. The Morgan fingerprint density at radius 3 is 2.04 bits per heavy atom. The number of methoxy groups -OCH3 is 1. The molecule has 70 heavy (non-hydrogen) atoms. The average molecular weight is 980 g/mol. The highest BCUT2D eigenvalue weighted by atomic mass is 32.1. The Kier molecular flexibility index (Phi) is 15.0. The van der Waals surface area contributed by atoms with Gasteiger partial charge in [-0.05, 0) is 57.0 Å². The lowest BCUT2D eigenvalue weighted by Crippen LogP contribution is -2.36. The van der Waals surface area contributed by atoms with Crippen molar-refractivity contribution >= 4 is 87.9 Å². The number of imide groups is 1. The van der Waals surface area contributed by atoms with Crippen LogP contribution in [0.25, 0.3) is 22.1 Å². The second-order valence-electron chi connectivity index (χ2n) is 16.3. The molecule has 4 aromatic heterocycles. The molecule has 0 saturated carbocycles. The zero-order valence-electron chi connectivity index (χ0n) is 39.4. The normalized spacial score (nSPS) is 13.8. The number of nitrogens with one attached hydrogen (secondary N) is 2. The molecule has 1 fully saturated rings. The van der Waals surface area contributed by atoms with Crippen molar-refractivity contribution in [3.05, 3.63) is 82.3 Å². The monoisotopic (exact) mass is 979 g/mol. The first kappa shape index (κ1) is 49.9. The summed E-state index contributed by atoms with van der Waals surface area (Å²) in [7, 11) is 3.03. The minimum atomic E-state index is -0.760. The third-order valence-corrected chi connectivity index (χ3v) is 11.9. The van der Waals surface area contributed by atoms with E-state index in [-0.39, 0.29) is 103 Å². The van der Waals surface area contributed by atoms with Crippen LogP contribution < -0.4 is 31.6 Å². The number of rotatable bonds is 21. The Bertz CT molecular complexity index is 3090. The number of aromatic nitrogens is 7. The minimum absolute atomic E-state index is 0.00112. The van der Waals surface area contributed by atoms with Gasteiger partial charge in [0.15, 0.2) is 5.89 Å². The van der Waals surface area contributed by atoms with E-state index >= 15 is 0 Å². The number of allylic oxidation sites excluding steroid dienone is 2. The number of amides is 7. The first-order chi connectivity index (χ1) is 33.4. The molecule has 1 unspecified atom stereocenters. The van der Waals surface area contributed by atoms with Crippen LogP contribution in [0, 0.1) is 13.8 Å². The number of fused-ring (bicyclic) bond motifs is 2. The maximum absolute atomic E-state index is 13.8. The number of primary amides is 2. The molecule has 24 heteroatoms. The number of benzene rings is 2. The van der Waals surface area contributed by atoms with Gasteiger partial charge in [-0.15, -0.1) is 0 Å². The maximum Gasteiger partial charge on any atom is 0.295 e. The molecule has 7 amide bonds. The van der Waals surface area contributed by atoms with Gasteiger partial charge in [0.2, 0.25) is 47.2 Å². The Balaban J connectivity index is 1.19. The van der Waals surface area contributed by atoms with Crippen molar-refractivity contribution in [2.45, 2.75) is 78.3 Å². The molecule has 368 valence electrons. The summed E-state index contributed by atoms with van der Waals surface area (Å²) in [6, 6.07) is 7.58. The number of nitrogens with zero attached hydrogens (tertiary/aromatic N) is 9. The number of hydrogen-bond donors (Lipinski definition) is 5. The predicted octanol–water partition coefficient (Wildman–Crippen LogP) is 3.41. The van der Waals surface area contributed by atoms with E-state index in [0.717, 1.165) is 4.90 Å². The fourth-order valence-electron chi connectivity index (χ4n) is 8.00. The zero-order valence-corrected chi connectivity index (χ0v) is 40.3. The van der Waals surface area contributed by atoms with Gasteiger partial charge in [0.25, 0.3) is 11.8 Å². The molecule has 1 aliphatic heterocycles. The lowest BCUT2D eigenvalue weighted by atomic mass is 10.1. The van der Waals surface area contributed by atoms with Gasteiger partial charge in [-0.2, -0.15) is 17.7 Å². The second kappa shape index (κ2) is 21.1. The summed E-state index contributed by atoms with van der Waals surface area (Å²) in [6.45, 7) is 7.94. The number of ether oxygens (including phenoxy) is 2. The molecule has 1 aliphatic rings. The third-order valence-electron chi connectivity index (χ3n) is 11.5. The van der Waals surface area contributed by atoms with Crippen LogP contribution in [-0.4, -0.2) is 124 Å². The van der Waals surface area contributed by atoms with E-state index in [1.807, 2.05) is 13.8 Å². The fraction of sp³-hybridized carbons (Fsp3) is 0.370. The summed E-state index contributed by atoms with van der Waals surface area (Å²) < 4.78 is 22.6. The molecule has 6 N–H and O–H groups in total. The van der Waals surface area contributed by atoms with Gasteiger partial charge in [-0.3, -0.25) is 53.8 Å². The average Bonchev–Trinajstić information content (AvgIpc) is 4.13. The lowest BCUT2D eigenvalue weighted by Gasteiger charge is -2.20. The summed E-state index contributed by atoms with van der Waals surface area (Å²) in [4.78, 5) is 106. The van der Waals surface area contributed by atoms with Crippen LogP contribution in [0.3, 0.4) is 0 Å². The SMILES string of the molecule is CCc1nc(C)oc1C(=O)Nc1nc2cc(C(N)=O)cc(OCCCN(C)C(=O)CCN3C(=O)CC(S)C3=O)c2n1C/C=C/Cn1c(NC(=O)c2cc(C)nn2CC)nc2cc(C(N)=O)cc(OC)c21. The van der Waals surface area contributed by atoms with Crippen LogP contribution in [-0.2, 0) is 40.4 Å². The summed E-state index contributed by atoms with van der Waals surface area (Å²) in [5, 5.41) is 9.40. The molecule has 2 aromatic carbocycles. The largest absolute Gasteiger partial charge is 0.494 e. The Labute approximate surface area is 405 Å².